The number of hydrogen-bond acceptors (Lipinski definition) is 7. The largest absolute Gasteiger partial charge is 0.342 e. The third-order valence-electron chi connectivity index (χ3n) is 5.17. The van der Waals surface area contributed by atoms with Crippen LogP contribution in [0.3, 0.4) is 0 Å². The normalized spacial score (nSPS) is 11.0. The lowest BCUT2D eigenvalue weighted by Crippen LogP contribution is -2.17. The molecule has 10 nitrogen and oxygen atoms in total. The Labute approximate surface area is 211 Å². The van der Waals surface area contributed by atoms with Crippen LogP contribution in [0.2, 0.25) is 0 Å². The topological polar surface area (TPSA) is 134 Å². The third-order valence-corrected chi connectivity index (χ3v) is 6.29. The molecule has 0 atom stereocenters. The van der Waals surface area contributed by atoms with Crippen LogP contribution in [-0.2, 0) is 5.41 Å². The van der Waals surface area contributed by atoms with Crippen LogP contribution < -0.4 is 5.32 Å². The lowest BCUT2D eigenvalue weighted by Gasteiger charge is -2.19. The Morgan fingerprint density at radius 3 is 2.28 bits per heavy atom. The predicted molar refractivity (Wildman–Crippen MR) is 138 cm³/mol. The minimum absolute atomic E-state index is 0.0903. The summed E-state index contributed by atoms with van der Waals surface area (Å²) in [5.41, 5.74) is 3.40. The predicted octanol–water partition coefficient (Wildman–Crippen LogP) is 5.06. The van der Waals surface area contributed by atoms with Gasteiger partial charge in [-0.15, -0.1) is 0 Å². The van der Waals surface area contributed by atoms with E-state index in [4.69, 9.17) is 0 Å². The number of nitrogens with one attached hydrogen (secondary N) is 3. The molecule has 3 N–H and O–H groups in total. The maximum absolute atomic E-state index is 12.1. The van der Waals surface area contributed by atoms with Crippen LogP contribution >= 0.6 is 11.3 Å². The Kier molecular flexibility index (Phi) is 7.20. The molecule has 5 aromatic rings. The molecule has 0 fully saturated rings. The van der Waals surface area contributed by atoms with Gasteiger partial charge in [0, 0.05) is 37.2 Å². The summed E-state index contributed by atoms with van der Waals surface area (Å²) in [7, 11) is 0. The van der Waals surface area contributed by atoms with Crippen molar-refractivity contribution in [3.8, 4) is 10.4 Å². The van der Waals surface area contributed by atoms with Crippen molar-refractivity contribution in [2.45, 2.75) is 33.1 Å². The van der Waals surface area contributed by atoms with E-state index >= 15 is 0 Å². The fraction of sp³-hybridized carbons (Fsp3) is 0.200. The minimum Gasteiger partial charge on any atom is -0.342 e. The fourth-order valence-corrected chi connectivity index (χ4v) is 4.22. The molecule has 184 valence electrons. The number of ketones is 1. The molecule has 5 rings (SSSR count). The van der Waals surface area contributed by atoms with Crippen LogP contribution in [0.1, 0.15) is 48.5 Å². The van der Waals surface area contributed by atoms with Gasteiger partial charge < -0.3 is 9.97 Å². The number of aromatic nitrogens is 7. The zero-order valence-corrected chi connectivity index (χ0v) is 21.1. The van der Waals surface area contributed by atoms with E-state index < -0.39 is 0 Å². The first-order valence-corrected chi connectivity index (χ1v) is 11.9. The highest BCUT2D eigenvalue weighted by atomic mass is 32.1. The summed E-state index contributed by atoms with van der Waals surface area (Å²) < 4.78 is 1.39. The number of hydrogen-bond donors (Lipinski definition) is 3. The summed E-state index contributed by atoms with van der Waals surface area (Å²) in [6.45, 7) is 8.55. The Hall–Kier alpha value is -4.38. The first-order valence-electron chi connectivity index (χ1n) is 11.1. The van der Waals surface area contributed by atoms with Crippen molar-refractivity contribution in [3.63, 3.8) is 0 Å². The van der Waals surface area contributed by atoms with Gasteiger partial charge in [0.25, 0.3) is 5.78 Å². The summed E-state index contributed by atoms with van der Waals surface area (Å²) in [6.07, 6.45) is 10.9. The van der Waals surface area contributed by atoms with Crippen molar-refractivity contribution in [2.24, 2.45) is 0 Å². The first kappa shape index (κ1) is 24.7. The molecule has 0 aliphatic carbocycles. The van der Waals surface area contributed by atoms with Gasteiger partial charge in [-0.25, -0.2) is 24.7 Å². The molecule has 0 aliphatic rings. The second-order valence-corrected chi connectivity index (χ2v) is 9.87. The Morgan fingerprint density at radius 1 is 1.03 bits per heavy atom. The SMILES string of the molecule is Cc1nc(NC(=O)n2ccnc2)sc1-c1cccc(C(C)(C)C)c1.O=C(c1ncc[nH]1)c1ncc[nH]1. The Morgan fingerprint density at radius 2 is 1.72 bits per heavy atom. The van der Waals surface area contributed by atoms with E-state index in [1.807, 2.05) is 6.92 Å². The molecule has 0 unspecified atom stereocenters. The van der Waals surface area contributed by atoms with Crippen LogP contribution in [0.15, 0.2) is 67.8 Å². The van der Waals surface area contributed by atoms with Gasteiger partial charge in [0.1, 0.15) is 6.33 Å². The highest BCUT2D eigenvalue weighted by Crippen LogP contribution is 2.35. The maximum Gasteiger partial charge on any atom is 0.333 e. The highest BCUT2D eigenvalue weighted by Gasteiger charge is 2.17. The summed E-state index contributed by atoms with van der Waals surface area (Å²) in [5, 5.41) is 3.40. The molecule has 1 aromatic carbocycles. The number of carbonyl (C=O) groups excluding carboxylic acids is 2. The molecule has 4 aromatic heterocycles. The second-order valence-electron chi connectivity index (χ2n) is 8.87. The molecule has 4 heterocycles. The summed E-state index contributed by atoms with van der Waals surface area (Å²) in [5.74, 6) is 0.361. The lowest BCUT2D eigenvalue weighted by atomic mass is 9.86. The minimum atomic E-state index is -0.267. The van der Waals surface area contributed by atoms with Gasteiger partial charge in [-0.05, 0) is 29.5 Å². The van der Waals surface area contributed by atoms with Gasteiger partial charge >= 0.3 is 6.03 Å². The van der Waals surface area contributed by atoms with Crippen molar-refractivity contribution in [2.75, 3.05) is 5.32 Å². The summed E-state index contributed by atoms with van der Waals surface area (Å²) in [4.78, 5) is 45.9. The second kappa shape index (κ2) is 10.5. The van der Waals surface area contributed by atoms with Crippen molar-refractivity contribution in [3.05, 3.63) is 90.7 Å². The Balaban J connectivity index is 0.000000211. The van der Waals surface area contributed by atoms with Crippen LogP contribution in [0.25, 0.3) is 10.4 Å². The molecule has 0 saturated heterocycles. The van der Waals surface area contributed by atoms with Crippen molar-refractivity contribution < 1.29 is 9.59 Å². The number of amides is 1. The van der Waals surface area contributed by atoms with Gasteiger partial charge in [0.05, 0.1) is 10.6 Å². The average Bonchev–Trinajstić information content (AvgIpc) is 3.67. The molecule has 1 amide bonds. The number of H-pyrrole nitrogens is 2. The molecule has 11 heteroatoms. The van der Waals surface area contributed by atoms with Crippen LogP contribution in [0, 0.1) is 6.92 Å². The number of carbonyl (C=O) groups is 2. The van der Waals surface area contributed by atoms with Gasteiger partial charge in [-0.1, -0.05) is 50.3 Å². The molecular weight excluding hydrogens is 476 g/mol. The number of rotatable bonds is 4. The molecule has 0 aliphatic heterocycles. The molecule has 0 saturated carbocycles. The average molecular weight is 503 g/mol. The van der Waals surface area contributed by atoms with E-state index in [2.05, 4.69) is 80.3 Å². The Bertz CT molecular complexity index is 1390. The molecule has 0 bridgehead atoms. The van der Waals surface area contributed by atoms with Gasteiger partial charge in [0.2, 0.25) is 0 Å². The van der Waals surface area contributed by atoms with E-state index in [9.17, 15) is 9.59 Å². The zero-order valence-electron chi connectivity index (χ0n) is 20.3. The maximum atomic E-state index is 12.1. The number of thiazole rings is 1. The molecular formula is C25H26N8O2S. The van der Waals surface area contributed by atoms with Gasteiger partial charge in [-0.3, -0.25) is 14.7 Å². The summed E-state index contributed by atoms with van der Waals surface area (Å²) in [6, 6.07) is 8.22. The molecule has 0 spiro atoms. The standard InChI is InChI=1S/C18H20N4OS.C7H6N4O/c1-12-15(13-6-5-7-14(10-13)18(2,3)4)24-16(20-12)21-17(23)22-9-8-19-11-22;12-5(6-8-1-2-9-6)7-10-3-4-11-7/h5-11H,1-4H3,(H,20,21,23);1-4H,(H,8,9)(H,10,11). The molecule has 0 radical (unpaired) electrons. The van der Waals surface area contributed by atoms with Crippen molar-refractivity contribution >= 4 is 28.3 Å². The van der Waals surface area contributed by atoms with E-state index in [1.54, 1.807) is 24.8 Å². The quantitative estimate of drug-likeness (QED) is 0.294. The van der Waals surface area contributed by atoms with Crippen LogP contribution in [0.4, 0.5) is 9.93 Å². The fourth-order valence-electron chi connectivity index (χ4n) is 3.27. The van der Waals surface area contributed by atoms with E-state index in [0.29, 0.717) is 16.8 Å². The van der Waals surface area contributed by atoms with E-state index in [-0.39, 0.29) is 17.2 Å². The zero-order chi connectivity index (χ0) is 25.7. The number of aryl methyl sites for hydroxylation is 1. The number of aromatic amines is 2. The van der Waals surface area contributed by atoms with E-state index in [1.165, 1.54) is 40.2 Å². The molecule has 36 heavy (non-hydrogen) atoms. The smallest absolute Gasteiger partial charge is 0.333 e. The monoisotopic (exact) mass is 502 g/mol. The van der Waals surface area contributed by atoms with Crippen molar-refractivity contribution in [1.29, 1.82) is 0 Å². The van der Waals surface area contributed by atoms with Crippen LogP contribution in [-0.4, -0.2) is 46.3 Å². The number of benzene rings is 1. The number of anilines is 1. The van der Waals surface area contributed by atoms with Crippen LogP contribution in [0.5, 0.6) is 0 Å². The summed E-state index contributed by atoms with van der Waals surface area (Å²) >= 11 is 1.48. The lowest BCUT2D eigenvalue weighted by molar-refractivity contribution is 0.102. The highest BCUT2D eigenvalue weighted by molar-refractivity contribution is 7.19. The van der Waals surface area contributed by atoms with E-state index in [0.717, 1.165) is 16.1 Å². The van der Waals surface area contributed by atoms with Crippen molar-refractivity contribution in [1.82, 2.24) is 34.5 Å². The van der Waals surface area contributed by atoms with Gasteiger partial charge in [-0.2, -0.15) is 0 Å². The number of imidazole rings is 3. The first-order chi connectivity index (χ1) is 17.2. The van der Waals surface area contributed by atoms with Gasteiger partial charge in [0.15, 0.2) is 16.8 Å². The third kappa shape index (κ3) is 5.81. The number of nitrogens with zero attached hydrogens (tertiary/aromatic N) is 5.